The maximum absolute atomic E-state index is 10.9. The van der Waals surface area contributed by atoms with Crippen LogP contribution in [0.2, 0.25) is 0 Å². The maximum atomic E-state index is 10.9. The Labute approximate surface area is 104 Å². The number of aromatic nitrogens is 1. The Kier molecular flexibility index (Phi) is 3.10. The van der Waals surface area contributed by atoms with Crippen LogP contribution >= 0.6 is 0 Å². The van der Waals surface area contributed by atoms with Gasteiger partial charge in [0.1, 0.15) is 0 Å². The van der Waals surface area contributed by atoms with E-state index in [1.54, 1.807) is 18.2 Å². The van der Waals surface area contributed by atoms with Gasteiger partial charge in [-0.25, -0.2) is 4.79 Å². The van der Waals surface area contributed by atoms with Crippen molar-refractivity contribution in [2.24, 2.45) is 0 Å². The molecule has 1 aromatic heterocycles. The zero-order valence-corrected chi connectivity index (χ0v) is 10.3. The first-order chi connectivity index (χ1) is 8.35. The Balaban J connectivity index is 2.29. The Morgan fingerprint density at radius 1 is 1.33 bits per heavy atom. The highest BCUT2D eigenvalue weighted by atomic mass is 32.2. The molecule has 2 rings (SSSR count). The standard InChI is InChI=1S/C11H11NO5S/c1-18(15,16)17-7-8-2-3-9-5-12(11(13)14)6-10(9)4-8/h2-6H,7H2,1H3,(H,13,14). The van der Waals surface area contributed by atoms with E-state index in [2.05, 4.69) is 4.18 Å². The highest BCUT2D eigenvalue weighted by Gasteiger charge is 2.06. The van der Waals surface area contributed by atoms with Crippen LogP contribution in [0.5, 0.6) is 0 Å². The van der Waals surface area contributed by atoms with Crippen molar-refractivity contribution in [3.8, 4) is 0 Å². The number of carbonyl (C=O) groups is 1. The fourth-order valence-corrected chi connectivity index (χ4v) is 1.92. The average Bonchev–Trinajstić information content (AvgIpc) is 2.68. The normalized spacial score (nSPS) is 11.8. The molecule has 7 heteroatoms. The van der Waals surface area contributed by atoms with Gasteiger partial charge in [0.25, 0.3) is 10.1 Å². The van der Waals surface area contributed by atoms with Gasteiger partial charge in [0.05, 0.1) is 12.9 Å². The van der Waals surface area contributed by atoms with E-state index in [0.29, 0.717) is 10.9 Å². The number of nitrogens with zero attached hydrogens (tertiary/aromatic N) is 1. The number of hydrogen-bond acceptors (Lipinski definition) is 4. The van der Waals surface area contributed by atoms with E-state index >= 15 is 0 Å². The molecule has 0 aliphatic heterocycles. The molecule has 0 fully saturated rings. The predicted octanol–water partition coefficient (Wildman–Crippen LogP) is 1.64. The van der Waals surface area contributed by atoms with Crippen molar-refractivity contribution >= 4 is 27.0 Å². The second-order valence-corrected chi connectivity index (χ2v) is 5.52. The van der Waals surface area contributed by atoms with Crippen LogP contribution in [0.4, 0.5) is 4.79 Å². The summed E-state index contributed by atoms with van der Waals surface area (Å²) in [6.45, 7) is -0.0625. The quantitative estimate of drug-likeness (QED) is 0.856. The van der Waals surface area contributed by atoms with E-state index in [1.165, 1.54) is 12.4 Å². The lowest BCUT2D eigenvalue weighted by molar-refractivity contribution is 0.196. The molecular weight excluding hydrogens is 258 g/mol. The minimum Gasteiger partial charge on any atom is -0.464 e. The molecule has 18 heavy (non-hydrogen) atoms. The summed E-state index contributed by atoms with van der Waals surface area (Å²) in [6.07, 6.45) is 2.85. The lowest BCUT2D eigenvalue weighted by Gasteiger charge is -2.01. The van der Waals surface area contributed by atoms with Crippen LogP contribution in [0.1, 0.15) is 5.56 Å². The number of carboxylic acid groups (broad SMARTS) is 1. The van der Waals surface area contributed by atoms with Crippen LogP contribution in [0.3, 0.4) is 0 Å². The minimum absolute atomic E-state index is 0.0625. The average molecular weight is 269 g/mol. The Morgan fingerprint density at radius 3 is 2.61 bits per heavy atom. The van der Waals surface area contributed by atoms with Crippen LogP contribution < -0.4 is 0 Å². The molecule has 2 aromatic rings. The van der Waals surface area contributed by atoms with Crippen LogP contribution in [0.25, 0.3) is 10.8 Å². The van der Waals surface area contributed by atoms with Crippen LogP contribution in [0, 0.1) is 0 Å². The molecule has 1 N–H and O–H groups in total. The molecule has 0 aliphatic rings. The second-order valence-electron chi connectivity index (χ2n) is 3.88. The molecule has 1 heterocycles. The zero-order chi connectivity index (χ0) is 13.3. The predicted molar refractivity (Wildman–Crippen MR) is 65.0 cm³/mol. The zero-order valence-electron chi connectivity index (χ0n) is 9.53. The lowest BCUT2D eigenvalue weighted by atomic mass is 10.1. The third-order valence-corrected chi connectivity index (χ3v) is 2.91. The first-order valence-electron chi connectivity index (χ1n) is 5.03. The number of benzene rings is 1. The molecule has 6 nitrogen and oxygen atoms in total. The summed E-state index contributed by atoms with van der Waals surface area (Å²) in [5.74, 6) is 0. The summed E-state index contributed by atoms with van der Waals surface area (Å²) in [5, 5.41) is 10.3. The van der Waals surface area contributed by atoms with Crippen molar-refractivity contribution in [1.82, 2.24) is 4.57 Å². The molecule has 96 valence electrons. The number of hydrogen-bond donors (Lipinski definition) is 1. The van der Waals surface area contributed by atoms with Crippen LogP contribution in [-0.2, 0) is 20.9 Å². The Morgan fingerprint density at radius 2 is 2.00 bits per heavy atom. The van der Waals surface area contributed by atoms with Gasteiger partial charge in [0.15, 0.2) is 0 Å². The molecule has 0 saturated heterocycles. The van der Waals surface area contributed by atoms with Crippen molar-refractivity contribution in [1.29, 1.82) is 0 Å². The van der Waals surface area contributed by atoms with Crippen molar-refractivity contribution in [3.05, 3.63) is 36.2 Å². The first kappa shape index (κ1) is 12.6. The maximum Gasteiger partial charge on any atom is 0.415 e. The van der Waals surface area contributed by atoms with Gasteiger partial charge in [-0.2, -0.15) is 8.42 Å². The molecule has 0 aliphatic carbocycles. The lowest BCUT2D eigenvalue weighted by Crippen LogP contribution is -2.03. The largest absolute Gasteiger partial charge is 0.464 e. The van der Waals surface area contributed by atoms with Gasteiger partial charge in [0, 0.05) is 17.8 Å². The first-order valence-corrected chi connectivity index (χ1v) is 6.85. The van der Waals surface area contributed by atoms with Gasteiger partial charge >= 0.3 is 6.09 Å². The summed E-state index contributed by atoms with van der Waals surface area (Å²) in [5.41, 5.74) is 0.663. The number of rotatable bonds is 3. The van der Waals surface area contributed by atoms with E-state index < -0.39 is 16.2 Å². The van der Waals surface area contributed by atoms with Crippen LogP contribution in [-0.4, -0.2) is 30.4 Å². The third kappa shape index (κ3) is 2.88. The van der Waals surface area contributed by atoms with Gasteiger partial charge in [0.2, 0.25) is 0 Å². The van der Waals surface area contributed by atoms with E-state index in [-0.39, 0.29) is 6.61 Å². The number of fused-ring (bicyclic) bond motifs is 1. The fourth-order valence-electron chi connectivity index (χ4n) is 1.57. The van der Waals surface area contributed by atoms with Gasteiger partial charge in [-0.1, -0.05) is 12.1 Å². The Bertz CT molecular complexity index is 701. The summed E-state index contributed by atoms with van der Waals surface area (Å²) in [6, 6.07) is 5.11. The van der Waals surface area contributed by atoms with E-state index in [1.807, 2.05) is 0 Å². The minimum atomic E-state index is -3.48. The molecule has 0 amide bonds. The molecule has 1 aromatic carbocycles. The molecular formula is C11H11NO5S. The van der Waals surface area contributed by atoms with E-state index in [4.69, 9.17) is 5.11 Å². The van der Waals surface area contributed by atoms with Gasteiger partial charge in [-0.3, -0.25) is 8.75 Å². The van der Waals surface area contributed by atoms with Crippen molar-refractivity contribution in [2.45, 2.75) is 6.61 Å². The van der Waals surface area contributed by atoms with Crippen molar-refractivity contribution < 1.29 is 22.5 Å². The summed E-state index contributed by atoms with van der Waals surface area (Å²) in [7, 11) is -3.48. The van der Waals surface area contributed by atoms with Gasteiger partial charge in [-0.05, 0) is 17.0 Å². The van der Waals surface area contributed by atoms with Gasteiger partial charge in [-0.15, -0.1) is 0 Å². The topological polar surface area (TPSA) is 85.6 Å². The molecule has 0 bridgehead atoms. The molecule has 0 atom stereocenters. The van der Waals surface area contributed by atoms with Gasteiger partial charge < -0.3 is 5.11 Å². The van der Waals surface area contributed by atoms with Crippen LogP contribution in [0.15, 0.2) is 30.6 Å². The fraction of sp³-hybridized carbons (Fsp3) is 0.182. The SMILES string of the molecule is CS(=O)(=O)OCc1ccc2cn(C(=O)O)cc2c1. The van der Waals surface area contributed by atoms with E-state index in [9.17, 15) is 13.2 Å². The van der Waals surface area contributed by atoms with Crippen molar-refractivity contribution in [2.75, 3.05) is 6.26 Å². The highest BCUT2D eigenvalue weighted by Crippen LogP contribution is 2.18. The molecule has 0 spiro atoms. The monoisotopic (exact) mass is 269 g/mol. The van der Waals surface area contributed by atoms with Crippen molar-refractivity contribution in [3.63, 3.8) is 0 Å². The Hall–Kier alpha value is -1.86. The smallest absolute Gasteiger partial charge is 0.415 e. The highest BCUT2D eigenvalue weighted by molar-refractivity contribution is 7.85. The molecule has 0 radical (unpaired) electrons. The van der Waals surface area contributed by atoms with E-state index in [0.717, 1.165) is 16.2 Å². The second kappa shape index (κ2) is 4.43. The summed E-state index contributed by atoms with van der Waals surface area (Å²) in [4.78, 5) is 10.8. The molecule has 0 unspecified atom stereocenters. The summed E-state index contributed by atoms with van der Waals surface area (Å²) >= 11 is 0. The summed E-state index contributed by atoms with van der Waals surface area (Å²) < 4.78 is 27.4. The third-order valence-electron chi connectivity index (χ3n) is 2.37. The molecule has 0 saturated carbocycles.